The lowest BCUT2D eigenvalue weighted by Crippen LogP contribution is -2.19. The van der Waals surface area contributed by atoms with Crippen molar-refractivity contribution >= 4 is 5.97 Å². The lowest BCUT2D eigenvalue weighted by molar-refractivity contribution is -0.131. The number of aliphatic carboxylic acids is 1. The van der Waals surface area contributed by atoms with Crippen LogP contribution >= 0.6 is 0 Å². The van der Waals surface area contributed by atoms with Crippen LogP contribution in [0.3, 0.4) is 0 Å². The van der Waals surface area contributed by atoms with Crippen molar-refractivity contribution in [2.24, 2.45) is 0 Å². The van der Waals surface area contributed by atoms with Gasteiger partial charge in [0.05, 0.1) is 0 Å². The van der Waals surface area contributed by atoms with Gasteiger partial charge in [0.1, 0.15) is 0 Å². The van der Waals surface area contributed by atoms with Crippen LogP contribution in [0.25, 0.3) is 0 Å². The lowest BCUT2D eigenvalue weighted by Gasteiger charge is -2.04. The molecule has 0 aromatic rings. The van der Waals surface area contributed by atoms with Crippen LogP contribution in [0.15, 0.2) is 11.6 Å². The molecule has 0 atom stereocenters. The second-order valence-corrected chi connectivity index (χ2v) is 3.06. The van der Waals surface area contributed by atoms with Crippen LogP contribution < -0.4 is 5.32 Å². The van der Waals surface area contributed by atoms with Gasteiger partial charge in [0.25, 0.3) is 0 Å². The van der Waals surface area contributed by atoms with Gasteiger partial charge in [-0.2, -0.15) is 0 Å². The molecule has 0 amide bonds. The zero-order valence-corrected chi connectivity index (χ0v) is 8.88. The number of nitrogens with one attached hydrogen (secondary N) is 1. The maximum atomic E-state index is 10.3. The van der Waals surface area contributed by atoms with Gasteiger partial charge in [0.2, 0.25) is 0 Å². The van der Waals surface area contributed by atoms with Crippen molar-refractivity contribution in [1.82, 2.24) is 5.32 Å². The van der Waals surface area contributed by atoms with E-state index in [1.54, 1.807) is 6.92 Å². The van der Waals surface area contributed by atoms with E-state index in [4.69, 9.17) is 9.84 Å². The zero-order valence-electron chi connectivity index (χ0n) is 8.88. The maximum absolute atomic E-state index is 10.3. The van der Waals surface area contributed by atoms with Gasteiger partial charge in [-0.15, -0.1) is 0 Å². The summed E-state index contributed by atoms with van der Waals surface area (Å²) >= 11 is 0. The molecule has 14 heavy (non-hydrogen) atoms. The SMILES string of the molecule is CCOCCCNCC(C)=CC(=O)O. The van der Waals surface area contributed by atoms with E-state index in [9.17, 15) is 4.79 Å². The monoisotopic (exact) mass is 201 g/mol. The highest BCUT2D eigenvalue weighted by atomic mass is 16.5. The molecule has 0 aromatic carbocycles. The molecule has 0 saturated heterocycles. The highest BCUT2D eigenvalue weighted by molar-refractivity contribution is 5.80. The molecular weight excluding hydrogens is 182 g/mol. The maximum Gasteiger partial charge on any atom is 0.328 e. The van der Waals surface area contributed by atoms with Gasteiger partial charge < -0.3 is 15.2 Å². The van der Waals surface area contributed by atoms with Crippen LogP contribution in [0.2, 0.25) is 0 Å². The van der Waals surface area contributed by atoms with Crippen molar-refractivity contribution in [3.05, 3.63) is 11.6 Å². The number of hydrogen-bond acceptors (Lipinski definition) is 3. The van der Waals surface area contributed by atoms with E-state index in [1.807, 2.05) is 6.92 Å². The largest absolute Gasteiger partial charge is 0.478 e. The van der Waals surface area contributed by atoms with Gasteiger partial charge >= 0.3 is 5.97 Å². The van der Waals surface area contributed by atoms with Crippen LogP contribution in [-0.2, 0) is 9.53 Å². The molecular formula is C10H19NO3. The predicted octanol–water partition coefficient (Wildman–Crippen LogP) is 1.03. The number of hydrogen-bond donors (Lipinski definition) is 2. The van der Waals surface area contributed by atoms with Crippen molar-refractivity contribution < 1.29 is 14.6 Å². The first kappa shape index (κ1) is 13.1. The molecule has 0 aromatic heterocycles. The van der Waals surface area contributed by atoms with Crippen molar-refractivity contribution in [3.63, 3.8) is 0 Å². The molecule has 0 aliphatic carbocycles. The first-order valence-corrected chi connectivity index (χ1v) is 4.85. The van der Waals surface area contributed by atoms with E-state index < -0.39 is 5.97 Å². The Bertz CT molecular complexity index is 190. The molecule has 4 nitrogen and oxygen atoms in total. The van der Waals surface area contributed by atoms with E-state index in [1.165, 1.54) is 6.08 Å². The van der Waals surface area contributed by atoms with Crippen molar-refractivity contribution in [1.29, 1.82) is 0 Å². The summed E-state index contributed by atoms with van der Waals surface area (Å²) in [7, 11) is 0. The van der Waals surface area contributed by atoms with Crippen LogP contribution in [0.1, 0.15) is 20.3 Å². The molecule has 0 fully saturated rings. The summed E-state index contributed by atoms with van der Waals surface area (Å²) in [6.07, 6.45) is 2.17. The van der Waals surface area contributed by atoms with E-state index in [2.05, 4.69) is 5.32 Å². The quantitative estimate of drug-likeness (QED) is 0.455. The second kappa shape index (κ2) is 8.72. The topological polar surface area (TPSA) is 58.6 Å². The summed E-state index contributed by atoms with van der Waals surface area (Å²) < 4.78 is 5.16. The number of carboxylic acids is 1. The molecule has 0 rings (SSSR count). The fourth-order valence-electron chi connectivity index (χ4n) is 0.991. The van der Waals surface area contributed by atoms with Crippen molar-refractivity contribution in [3.8, 4) is 0 Å². The zero-order chi connectivity index (χ0) is 10.8. The number of carboxylic acid groups (broad SMARTS) is 1. The summed E-state index contributed by atoms with van der Waals surface area (Å²) in [5, 5.41) is 11.6. The lowest BCUT2D eigenvalue weighted by atomic mass is 10.3. The molecule has 0 aliphatic rings. The molecule has 0 saturated carbocycles. The minimum absolute atomic E-state index is 0.623. The van der Waals surface area contributed by atoms with Crippen LogP contribution in [0.4, 0.5) is 0 Å². The standard InChI is InChI=1S/C10H19NO3/c1-3-14-6-4-5-11-8-9(2)7-10(12)13/h7,11H,3-6,8H2,1-2H3,(H,12,13). The third-order valence-electron chi connectivity index (χ3n) is 1.62. The highest BCUT2D eigenvalue weighted by Gasteiger charge is 1.93. The van der Waals surface area contributed by atoms with E-state index in [-0.39, 0.29) is 0 Å². The normalized spacial score (nSPS) is 11.7. The molecule has 0 radical (unpaired) electrons. The third-order valence-corrected chi connectivity index (χ3v) is 1.62. The van der Waals surface area contributed by atoms with Crippen LogP contribution in [0, 0.1) is 0 Å². The molecule has 82 valence electrons. The summed E-state index contributed by atoms with van der Waals surface area (Å²) in [5.41, 5.74) is 0.828. The Morgan fingerprint density at radius 2 is 2.29 bits per heavy atom. The molecule has 0 spiro atoms. The van der Waals surface area contributed by atoms with Crippen LogP contribution in [-0.4, -0.2) is 37.4 Å². The Kier molecular flexibility index (Phi) is 8.17. The molecule has 4 heteroatoms. The fraction of sp³-hybridized carbons (Fsp3) is 0.700. The van der Waals surface area contributed by atoms with Gasteiger partial charge in [-0.3, -0.25) is 0 Å². The summed E-state index contributed by atoms with van der Waals surface area (Å²) in [4.78, 5) is 10.3. The summed E-state index contributed by atoms with van der Waals surface area (Å²) in [6.45, 7) is 6.74. The molecule has 0 unspecified atom stereocenters. The summed E-state index contributed by atoms with van der Waals surface area (Å²) in [6, 6.07) is 0. The second-order valence-electron chi connectivity index (χ2n) is 3.06. The van der Waals surface area contributed by atoms with Crippen molar-refractivity contribution in [2.45, 2.75) is 20.3 Å². The molecule has 0 bridgehead atoms. The Morgan fingerprint density at radius 1 is 1.57 bits per heavy atom. The Hall–Kier alpha value is -0.870. The van der Waals surface area contributed by atoms with E-state index in [0.29, 0.717) is 6.54 Å². The van der Waals surface area contributed by atoms with E-state index in [0.717, 1.165) is 31.8 Å². The van der Waals surface area contributed by atoms with Gasteiger partial charge in [-0.25, -0.2) is 4.79 Å². The van der Waals surface area contributed by atoms with Gasteiger partial charge in [0.15, 0.2) is 0 Å². The smallest absolute Gasteiger partial charge is 0.328 e. The van der Waals surface area contributed by atoms with Gasteiger partial charge in [-0.05, 0) is 26.8 Å². The Balaban J connectivity index is 3.31. The highest BCUT2D eigenvalue weighted by Crippen LogP contribution is 1.89. The van der Waals surface area contributed by atoms with E-state index >= 15 is 0 Å². The average molecular weight is 201 g/mol. The molecule has 0 aliphatic heterocycles. The minimum atomic E-state index is -0.890. The first-order chi connectivity index (χ1) is 6.66. The van der Waals surface area contributed by atoms with Gasteiger partial charge in [-0.1, -0.05) is 5.57 Å². The van der Waals surface area contributed by atoms with Crippen LogP contribution in [0.5, 0.6) is 0 Å². The van der Waals surface area contributed by atoms with Crippen molar-refractivity contribution in [2.75, 3.05) is 26.3 Å². The molecule has 0 heterocycles. The fourth-order valence-corrected chi connectivity index (χ4v) is 0.991. The minimum Gasteiger partial charge on any atom is -0.478 e. The average Bonchev–Trinajstić information content (AvgIpc) is 2.10. The first-order valence-electron chi connectivity index (χ1n) is 4.85. The van der Waals surface area contributed by atoms with Gasteiger partial charge in [0, 0.05) is 25.8 Å². The number of ether oxygens (including phenoxy) is 1. The number of rotatable bonds is 8. The predicted molar refractivity (Wildman–Crippen MR) is 55.4 cm³/mol. The third kappa shape index (κ3) is 9.22. The Morgan fingerprint density at radius 3 is 2.86 bits per heavy atom. The molecule has 2 N–H and O–H groups in total. The number of carbonyl (C=O) groups is 1. The Labute approximate surface area is 85.0 Å². The summed E-state index contributed by atoms with van der Waals surface area (Å²) in [5.74, 6) is -0.890.